The maximum absolute atomic E-state index is 13.2. The molecule has 2 aromatic rings. The molecule has 0 aliphatic carbocycles. The Morgan fingerprint density at radius 1 is 0.829 bits per heavy atom. The zero-order valence-corrected chi connectivity index (χ0v) is 17.9. The number of carboxylic acid groups (broad SMARTS) is 1. The van der Waals surface area contributed by atoms with Gasteiger partial charge in [0.15, 0.2) is 0 Å². The molecule has 192 valence electrons. The number of carbonyl (C=O) groups is 1. The number of alkyl halides is 9. The van der Waals surface area contributed by atoms with Crippen molar-refractivity contribution in [3.05, 3.63) is 70.3 Å². The normalized spacial score (nSPS) is 20.1. The van der Waals surface area contributed by atoms with Gasteiger partial charge < -0.3 is 5.11 Å². The van der Waals surface area contributed by atoms with Gasteiger partial charge in [0, 0.05) is 19.0 Å². The molecule has 1 aliphatic rings. The average molecular weight is 513 g/mol. The van der Waals surface area contributed by atoms with Gasteiger partial charge in [-0.3, -0.25) is 9.69 Å². The third-order valence-corrected chi connectivity index (χ3v) is 5.94. The van der Waals surface area contributed by atoms with Gasteiger partial charge in [-0.25, -0.2) is 0 Å². The minimum atomic E-state index is -5.02. The van der Waals surface area contributed by atoms with E-state index in [9.17, 15) is 44.3 Å². The summed E-state index contributed by atoms with van der Waals surface area (Å²) < 4.78 is 118. The largest absolute Gasteiger partial charge is 0.481 e. The number of likely N-dealkylation sites (tertiary alicyclic amines) is 1. The van der Waals surface area contributed by atoms with Gasteiger partial charge in [-0.1, -0.05) is 12.1 Å². The van der Waals surface area contributed by atoms with Crippen molar-refractivity contribution in [3.8, 4) is 0 Å². The highest BCUT2D eigenvalue weighted by atomic mass is 19.4. The molecule has 12 heteroatoms. The monoisotopic (exact) mass is 513 g/mol. The summed E-state index contributed by atoms with van der Waals surface area (Å²) in [6.07, 6.45) is -14.4. The number of aliphatic carboxylic acids is 1. The Morgan fingerprint density at radius 3 is 1.80 bits per heavy atom. The molecular formula is C23H20F9NO2. The molecular weight excluding hydrogens is 493 g/mol. The van der Waals surface area contributed by atoms with Crippen LogP contribution in [-0.4, -0.2) is 22.5 Å². The second kappa shape index (κ2) is 9.71. The molecule has 2 aromatic carbocycles. The van der Waals surface area contributed by atoms with E-state index in [0.717, 1.165) is 12.1 Å². The second-order valence-electron chi connectivity index (χ2n) is 8.51. The number of hydrogen-bond acceptors (Lipinski definition) is 2. The van der Waals surface area contributed by atoms with E-state index in [4.69, 9.17) is 5.11 Å². The molecule has 0 spiro atoms. The highest BCUT2D eigenvalue weighted by Crippen LogP contribution is 2.40. The standard InChI is InChI=1S/C23H20F9NO2/c24-21(25,26)16-3-1-15(2-4-16)19-9-13(10-20(34)35)5-6-33(19)12-14-7-17(22(27,28)29)11-18(8-14)23(30,31)32/h1-4,7-8,11,13,19H,5-6,9-10,12H2,(H,34,35)/t13-,19+/m0/s1. The first kappa shape index (κ1) is 26.8. The molecule has 0 saturated carbocycles. The summed E-state index contributed by atoms with van der Waals surface area (Å²) in [7, 11) is 0. The molecule has 1 fully saturated rings. The lowest BCUT2D eigenvalue weighted by Crippen LogP contribution is -2.37. The molecule has 3 rings (SSSR count). The zero-order chi connectivity index (χ0) is 26.2. The summed E-state index contributed by atoms with van der Waals surface area (Å²) in [4.78, 5) is 12.7. The fourth-order valence-corrected chi connectivity index (χ4v) is 4.29. The first-order valence-corrected chi connectivity index (χ1v) is 10.5. The fraction of sp³-hybridized carbons (Fsp3) is 0.435. The third kappa shape index (κ3) is 6.89. The molecule has 1 aliphatic heterocycles. The number of halogens is 9. The third-order valence-electron chi connectivity index (χ3n) is 5.94. The van der Waals surface area contributed by atoms with E-state index in [1.807, 2.05) is 0 Å². The number of hydrogen-bond donors (Lipinski definition) is 1. The maximum atomic E-state index is 13.2. The van der Waals surface area contributed by atoms with Crippen LogP contribution in [0.25, 0.3) is 0 Å². The van der Waals surface area contributed by atoms with Crippen molar-refractivity contribution in [1.82, 2.24) is 4.90 Å². The first-order valence-electron chi connectivity index (χ1n) is 10.5. The molecule has 2 atom stereocenters. The van der Waals surface area contributed by atoms with E-state index < -0.39 is 47.2 Å². The van der Waals surface area contributed by atoms with Crippen LogP contribution >= 0.6 is 0 Å². The van der Waals surface area contributed by atoms with Crippen LogP contribution in [0.3, 0.4) is 0 Å². The Hall–Kier alpha value is -2.76. The summed E-state index contributed by atoms with van der Waals surface area (Å²) in [5.74, 6) is -1.44. The Morgan fingerprint density at radius 2 is 1.34 bits per heavy atom. The molecule has 0 bridgehead atoms. The molecule has 1 heterocycles. The van der Waals surface area contributed by atoms with Crippen LogP contribution in [0.15, 0.2) is 42.5 Å². The van der Waals surface area contributed by atoms with Gasteiger partial charge >= 0.3 is 24.5 Å². The lowest BCUT2D eigenvalue weighted by molar-refractivity contribution is -0.143. The van der Waals surface area contributed by atoms with Crippen LogP contribution in [0, 0.1) is 5.92 Å². The molecule has 0 aromatic heterocycles. The number of nitrogens with zero attached hydrogens (tertiary/aromatic N) is 1. The minimum Gasteiger partial charge on any atom is -0.481 e. The minimum absolute atomic E-state index is 0.0237. The molecule has 0 amide bonds. The molecule has 35 heavy (non-hydrogen) atoms. The summed E-state index contributed by atoms with van der Waals surface area (Å²) in [6.45, 7) is -0.195. The zero-order valence-electron chi connectivity index (χ0n) is 17.9. The topological polar surface area (TPSA) is 40.5 Å². The van der Waals surface area contributed by atoms with E-state index >= 15 is 0 Å². The molecule has 3 nitrogen and oxygen atoms in total. The van der Waals surface area contributed by atoms with Crippen LogP contribution in [0.1, 0.15) is 53.1 Å². The predicted octanol–water partition coefficient (Wildman–Crippen LogP) is 7.17. The fourth-order valence-electron chi connectivity index (χ4n) is 4.29. The van der Waals surface area contributed by atoms with E-state index in [0.29, 0.717) is 24.1 Å². The van der Waals surface area contributed by atoms with Gasteiger partial charge in [-0.2, -0.15) is 39.5 Å². The number of benzene rings is 2. The van der Waals surface area contributed by atoms with E-state index in [-0.39, 0.29) is 43.5 Å². The Balaban J connectivity index is 1.96. The van der Waals surface area contributed by atoms with Crippen LogP contribution < -0.4 is 0 Å². The molecule has 1 saturated heterocycles. The summed E-state index contributed by atoms with van der Waals surface area (Å²) >= 11 is 0. The Labute approximate surface area is 194 Å². The van der Waals surface area contributed by atoms with Crippen molar-refractivity contribution >= 4 is 5.97 Å². The Bertz CT molecular complexity index is 1010. The van der Waals surface area contributed by atoms with Crippen molar-refractivity contribution in [1.29, 1.82) is 0 Å². The van der Waals surface area contributed by atoms with Crippen LogP contribution in [0.4, 0.5) is 39.5 Å². The summed E-state index contributed by atoms with van der Waals surface area (Å²) in [5, 5.41) is 9.11. The van der Waals surface area contributed by atoms with Crippen molar-refractivity contribution in [2.24, 2.45) is 5.92 Å². The summed E-state index contributed by atoms with van der Waals surface area (Å²) in [6, 6.07) is 4.61. The molecule has 0 unspecified atom stereocenters. The average Bonchev–Trinajstić information content (AvgIpc) is 2.72. The van der Waals surface area contributed by atoms with Gasteiger partial charge in [0.1, 0.15) is 0 Å². The quantitative estimate of drug-likeness (QED) is 0.431. The lowest BCUT2D eigenvalue weighted by Gasteiger charge is -2.40. The van der Waals surface area contributed by atoms with Gasteiger partial charge in [0.05, 0.1) is 16.7 Å². The van der Waals surface area contributed by atoms with Crippen molar-refractivity contribution < 1.29 is 49.4 Å². The summed E-state index contributed by atoms with van der Waals surface area (Å²) in [5.41, 5.74) is -3.75. The predicted molar refractivity (Wildman–Crippen MR) is 106 cm³/mol. The smallest absolute Gasteiger partial charge is 0.416 e. The first-order chi connectivity index (χ1) is 16.0. The van der Waals surface area contributed by atoms with Crippen molar-refractivity contribution in [2.45, 2.75) is 50.4 Å². The maximum Gasteiger partial charge on any atom is 0.416 e. The Kier molecular flexibility index (Phi) is 7.45. The van der Waals surface area contributed by atoms with Crippen molar-refractivity contribution in [3.63, 3.8) is 0 Å². The molecule has 0 radical (unpaired) electrons. The van der Waals surface area contributed by atoms with Crippen LogP contribution in [0.2, 0.25) is 0 Å². The second-order valence-corrected chi connectivity index (χ2v) is 8.51. The molecule has 1 N–H and O–H groups in total. The van der Waals surface area contributed by atoms with Gasteiger partial charge in [-0.15, -0.1) is 0 Å². The highest BCUT2D eigenvalue weighted by Gasteiger charge is 2.38. The van der Waals surface area contributed by atoms with E-state index in [1.54, 1.807) is 4.90 Å². The van der Waals surface area contributed by atoms with Gasteiger partial charge in [-0.05, 0) is 66.8 Å². The van der Waals surface area contributed by atoms with Crippen LogP contribution in [-0.2, 0) is 29.9 Å². The number of piperidine rings is 1. The number of rotatable bonds is 5. The number of carboxylic acids is 1. The lowest BCUT2D eigenvalue weighted by atomic mass is 9.84. The SMILES string of the molecule is O=C(O)C[C@H]1CCN(Cc2cc(C(F)(F)F)cc(C(F)(F)F)c2)[C@@H](c2ccc(C(F)(F)F)cc2)C1. The van der Waals surface area contributed by atoms with Crippen molar-refractivity contribution in [2.75, 3.05) is 6.54 Å². The van der Waals surface area contributed by atoms with E-state index in [1.165, 1.54) is 12.1 Å². The van der Waals surface area contributed by atoms with E-state index in [2.05, 4.69) is 0 Å². The van der Waals surface area contributed by atoms with Gasteiger partial charge in [0.25, 0.3) is 0 Å². The van der Waals surface area contributed by atoms with Gasteiger partial charge in [0.2, 0.25) is 0 Å². The van der Waals surface area contributed by atoms with Crippen LogP contribution in [0.5, 0.6) is 0 Å². The highest BCUT2D eigenvalue weighted by molar-refractivity contribution is 5.67.